The molecule has 0 aromatic heterocycles. The maximum absolute atomic E-state index is 14.2. The van der Waals surface area contributed by atoms with E-state index in [1.165, 1.54) is 48.7 Å². The van der Waals surface area contributed by atoms with Crippen molar-refractivity contribution in [3.63, 3.8) is 0 Å². The molecule has 0 amide bonds. The maximum Gasteiger partial charge on any atom is 0.186 e. The number of benzene rings is 4. The Hall–Kier alpha value is -4.14. The van der Waals surface area contributed by atoms with Crippen molar-refractivity contribution in [2.45, 2.75) is 114 Å². The van der Waals surface area contributed by atoms with Gasteiger partial charge in [-0.05, 0) is 126 Å². The number of hydrogen-bond acceptors (Lipinski definition) is 2. The highest BCUT2D eigenvalue weighted by molar-refractivity contribution is 8.16. The molecular weight excluding hydrogens is 673 g/mol. The Balaban J connectivity index is 1.99. The van der Waals surface area contributed by atoms with Crippen LogP contribution in [0.2, 0.25) is 0 Å². The second-order valence-corrected chi connectivity index (χ2v) is 20.2. The number of fused-ring (bicyclic) bond motifs is 1. The van der Waals surface area contributed by atoms with Crippen molar-refractivity contribution in [3.05, 3.63) is 152 Å². The topological polar surface area (TPSA) is 17.1 Å². The first-order valence-corrected chi connectivity index (χ1v) is 20.4. The second-order valence-electron chi connectivity index (χ2n) is 19.2. The molecule has 4 aromatic rings. The molecule has 282 valence electrons. The number of thioether (sulfide) groups is 1. The first-order chi connectivity index (χ1) is 25.0. The fourth-order valence-corrected chi connectivity index (χ4v) is 8.43. The lowest BCUT2D eigenvalue weighted by molar-refractivity contribution is -0.114. The van der Waals surface area contributed by atoms with Crippen LogP contribution in [0, 0.1) is 17.8 Å². The SMILES string of the molecule is C=c1c(C(C)(C)C)cc(=C(SC(=C2C=C(C(C)(C)C)C(=O)C(C(C)(C)C)=C2)c2ccc3ccccc3c2)c2ccc(/C=C\CC)c(C)c2)cc1C(C)(C)C. The van der Waals surface area contributed by atoms with Gasteiger partial charge in [-0.3, -0.25) is 4.79 Å². The summed E-state index contributed by atoms with van der Waals surface area (Å²) in [6, 6.07) is 27.1. The Morgan fingerprint density at radius 2 is 1.17 bits per heavy atom. The number of aryl methyl sites for hydroxylation is 1. The molecule has 0 aliphatic heterocycles. The van der Waals surface area contributed by atoms with Crippen molar-refractivity contribution in [2.24, 2.45) is 10.8 Å². The average molecular weight is 735 g/mol. The summed E-state index contributed by atoms with van der Waals surface area (Å²) in [5.74, 6) is 0.146. The molecule has 2 heteroatoms. The van der Waals surface area contributed by atoms with Crippen LogP contribution in [0.3, 0.4) is 0 Å². The third-order valence-electron chi connectivity index (χ3n) is 10.4. The van der Waals surface area contributed by atoms with Gasteiger partial charge in [0.25, 0.3) is 0 Å². The Bertz CT molecular complexity index is 2270. The minimum Gasteiger partial charge on any atom is -0.289 e. The summed E-state index contributed by atoms with van der Waals surface area (Å²) in [6.07, 6.45) is 9.81. The highest BCUT2D eigenvalue weighted by Crippen LogP contribution is 2.46. The first kappa shape index (κ1) is 41.0. The van der Waals surface area contributed by atoms with Gasteiger partial charge in [-0.25, -0.2) is 0 Å². The Kier molecular flexibility index (Phi) is 11.5. The van der Waals surface area contributed by atoms with E-state index in [0.717, 1.165) is 38.8 Å². The van der Waals surface area contributed by atoms with Crippen LogP contribution >= 0.6 is 11.8 Å². The van der Waals surface area contributed by atoms with Gasteiger partial charge >= 0.3 is 0 Å². The molecule has 0 unspecified atom stereocenters. The van der Waals surface area contributed by atoms with E-state index in [4.69, 9.17) is 0 Å². The third-order valence-corrected chi connectivity index (χ3v) is 11.7. The molecule has 0 saturated carbocycles. The molecule has 0 radical (unpaired) electrons. The molecule has 0 saturated heterocycles. The van der Waals surface area contributed by atoms with E-state index in [9.17, 15) is 4.79 Å². The molecule has 1 nitrogen and oxygen atoms in total. The molecule has 0 atom stereocenters. The first-order valence-electron chi connectivity index (χ1n) is 19.6. The maximum atomic E-state index is 14.2. The summed E-state index contributed by atoms with van der Waals surface area (Å²) >= 11 is 1.83. The lowest BCUT2D eigenvalue weighted by Gasteiger charge is -2.32. The van der Waals surface area contributed by atoms with Crippen LogP contribution in [0.1, 0.15) is 130 Å². The Labute approximate surface area is 330 Å². The van der Waals surface area contributed by atoms with Crippen LogP contribution < -0.4 is 10.4 Å². The van der Waals surface area contributed by atoms with Crippen molar-refractivity contribution in [2.75, 3.05) is 0 Å². The van der Waals surface area contributed by atoms with Gasteiger partial charge in [0.1, 0.15) is 0 Å². The average Bonchev–Trinajstić information content (AvgIpc) is 3.06. The molecule has 0 fully saturated rings. The number of Topliss-reactive ketones (excluding diaryl/α,β-unsaturated/α-hetero) is 1. The minimum absolute atomic E-state index is 0.105. The fourth-order valence-electron chi connectivity index (χ4n) is 7.27. The quantitative estimate of drug-likeness (QED) is 0.196. The van der Waals surface area contributed by atoms with Crippen LogP contribution in [0.4, 0.5) is 0 Å². The summed E-state index contributed by atoms with van der Waals surface area (Å²) in [5.41, 5.74) is 9.20. The van der Waals surface area contributed by atoms with Crippen LogP contribution in [-0.2, 0) is 15.6 Å². The van der Waals surface area contributed by atoms with Crippen molar-refractivity contribution >= 4 is 50.8 Å². The predicted molar refractivity (Wildman–Crippen MR) is 240 cm³/mol. The number of allylic oxidation sites excluding steroid dienone is 6. The third kappa shape index (κ3) is 8.87. The van der Waals surface area contributed by atoms with Gasteiger partial charge in [-0.2, -0.15) is 0 Å². The summed E-state index contributed by atoms with van der Waals surface area (Å²) in [6.45, 7) is 35.7. The summed E-state index contributed by atoms with van der Waals surface area (Å²) in [5, 5.41) is 4.70. The minimum atomic E-state index is -0.328. The number of rotatable bonds is 6. The molecule has 5 rings (SSSR count). The van der Waals surface area contributed by atoms with Crippen molar-refractivity contribution < 1.29 is 4.79 Å². The zero-order valence-electron chi connectivity index (χ0n) is 35.5. The van der Waals surface area contributed by atoms with E-state index in [1.807, 2.05) is 11.8 Å². The number of carbonyl (C=O) groups is 1. The highest BCUT2D eigenvalue weighted by Gasteiger charge is 2.35. The van der Waals surface area contributed by atoms with E-state index < -0.39 is 0 Å². The van der Waals surface area contributed by atoms with Gasteiger partial charge in [-0.1, -0.05) is 175 Å². The van der Waals surface area contributed by atoms with Crippen LogP contribution in [-0.4, -0.2) is 5.78 Å². The Morgan fingerprint density at radius 1 is 0.648 bits per heavy atom. The molecule has 0 heterocycles. The number of carbonyl (C=O) groups excluding carboxylic acids is 1. The van der Waals surface area contributed by atoms with Crippen LogP contribution in [0.25, 0.3) is 33.2 Å². The standard InChI is InChI=1S/C52H62OS/c1-16-17-20-35-23-25-38(27-33(35)2)47(40-29-42(49(4,5)6)34(3)43(30-40)50(7,8)9)54-48(39-26-24-36-21-18-19-22-37(36)28-39)41-31-44(51(10,11)12)46(53)45(32-41)52(13,14)15/h17-32H,3,16H2,1-2,4-15H3/b20-17-. The Morgan fingerprint density at radius 3 is 1.67 bits per heavy atom. The van der Waals surface area contributed by atoms with Crippen LogP contribution in [0.15, 0.2) is 108 Å². The lowest BCUT2D eigenvalue weighted by atomic mass is 9.72. The molecule has 1 aliphatic rings. The normalized spacial score (nSPS) is 14.5. The van der Waals surface area contributed by atoms with Crippen molar-refractivity contribution in [1.82, 2.24) is 0 Å². The second kappa shape index (κ2) is 15.2. The van der Waals surface area contributed by atoms with Gasteiger partial charge in [0, 0.05) is 21.0 Å². The van der Waals surface area contributed by atoms with E-state index in [-0.39, 0.29) is 27.4 Å². The lowest BCUT2D eigenvalue weighted by Crippen LogP contribution is -2.33. The van der Waals surface area contributed by atoms with E-state index in [1.54, 1.807) is 0 Å². The van der Waals surface area contributed by atoms with Gasteiger partial charge in [0.05, 0.1) is 0 Å². The molecule has 54 heavy (non-hydrogen) atoms. The largest absolute Gasteiger partial charge is 0.289 e. The predicted octanol–water partition coefficient (Wildman–Crippen LogP) is 13.4. The molecule has 1 aliphatic carbocycles. The fraction of sp³-hybridized carbons (Fsp3) is 0.365. The zero-order valence-corrected chi connectivity index (χ0v) is 36.3. The van der Waals surface area contributed by atoms with E-state index in [2.05, 4.69) is 201 Å². The van der Waals surface area contributed by atoms with Gasteiger partial charge in [0.15, 0.2) is 5.78 Å². The number of ketones is 1. The van der Waals surface area contributed by atoms with Crippen molar-refractivity contribution in [3.8, 4) is 0 Å². The zero-order chi connectivity index (χ0) is 40.0. The van der Waals surface area contributed by atoms with Crippen LogP contribution in [0.5, 0.6) is 0 Å². The van der Waals surface area contributed by atoms with Gasteiger partial charge < -0.3 is 0 Å². The van der Waals surface area contributed by atoms with Crippen molar-refractivity contribution in [1.29, 1.82) is 0 Å². The molecule has 4 aromatic carbocycles. The van der Waals surface area contributed by atoms with E-state index >= 15 is 0 Å². The smallest absolute Gasteiger partial charge is 0.186 e. The summed E-state index contributed by atoms with van der Waals surface area (Å²) < 4.78 is 0. The number of hydrogen-bond donors (Lipinski definition) is 0. The monoisotopic (exact) mass is 734 g/mol. The van der Waals surface area contributed by atoms with Gasteiger partial charge in [0.2, 0.25) is 0 Å². The molecule has 0 spiro atoms. The highest BCUT2D eigenvalue weighted by atomic mass is 32.2. The summed E-state index contributed by atoms with van der Waals surface area (Å²) in [4.78, 5) is 16.5. The molecule has 0 bridgehead atoms. The molecular formula is C52H62OS. The van der Waals surface area contributed by atoms with E-state index in [0.29, 0.717) is 0 Å². The summed E-state index contributed by atoms with van der Waals surface area (Å²) in [7, 11) is 0. The van der Waals surface area contributed by atoms with Gasteiger partial charge in [-0.15, -0.1) is 0 Å². The molecule has 0 N–H and O–H groups in total.